The summed E-state index contributed by atoms with van der Waals surface area (Å²) in [4.78, 5) is 2.32. The number of ether oxygens (including phenoxy) is 2. The van der Waals surface area contributed by atoms with Gasteiger partial charge in [-0.05, 0) is 44.1 Å². The zero-order chi connectivity index (χ0) is 15.2. The molecule has 118 valence electrons. The number of likely N-dealkylation sites (N-methyl/N-ethyl adjacent to an activating group) is 1. The van der Waals surface area contributed by atoms with Crippen molar-refractivity contribution in [1.29, 1.82) is 0 Å². The van der Waals surface area contributed by atoms with Crippen LogP contribution in [0.5, 0.6) is 11.5 Å². The van der Waals surface area contributed by atoms with Crippen LogP contribution < -0.4 is 14.8 Å². The number of alkyl halides is 2. The maximum Gasteiger partial charge on any atom is 0.387 e. The average Bonchev–Trinajstić information content (AvgIpc) is 2.47. The Bertz CT molecular complexity index is 457. The van der Waals surface area contributed by atoms with Gasteiger partial charge in [-0.1, -0.05) is 6.07 Å². The van der Waals surface area contributed by atoms with E-state index in [2.05, 4.69) is 15.0 Å². The molecule has 1 atom stereocenters. The van der Waals surface area contributed by atoms with Crippen molar-refractivity contribution in [2.45, 2.75) is 32.0 Å². The molecule has 1 unspecified atom stereocenters. The first-order valence-corrected chi connectivity index (χ1v) is 7.13. The molecule has 1 saturated heterocycles. The predicted molar refractivity (Wildman–Crippen MR) is 77.0 cm³/mol. The smallest absolute Gasteiger partial charge is 0.387 e. The number of benzene rings is 1. The summed E-state index contributed by atoms with van der Waals surface area (Å²) in [5, 5.41) is 3.29. The van der Waals surface area contributed by atoms with Crippen LogP contribution in [0.15, 0.2) is 18.2 Å². The highest BCUT2D eigenvalue weighted by Crippen LogP contribution is 2.30. The van der Waals surface area contributed by atoms with Gasteiger partial charge in [-0.3, -0.25) is 4.90 Å². The lowest BCUT2D eigenvalue weighted by Crippen LogP contribution is -2.43. The van der Waals surface area contributed by atoms with E-state index in [9.17, 15) is 8.78 Å². The van der Waals surface area contributed by atoms with Crippen molar-refractivity contribution < 1.29 is 18.3 Å². The molecular weight excluding hydrogens is 278 g/mol. The minimum Gasteiger partial charge on any atom is -0.493 e. The van der Waals surface area contributed by atoms with Crippen molar-refractivity contribution in [3.63, 3.8) is 0 Å². The Hall–Kier alpha value is -1.40. The highest BCUT2D eigenvalue weighted by Gasteiger charge is 2.19. The Balaban J connectivity index is 2.05. The molecule has 1 aromatic rings. The zero-order valence-electron chi connectivity index (χ0n) is 12.4. The number of methoxy groups -OCH3 is 1. The van der Waals surface area contributed by atoms with E-state index in [4.69, 9.17) is 4.74 Å². The molecular formula is C15H22F2N2O2. The van der Waals surface area contributed by atoms with Gasteiger partial charge in [-0.25, -0.2) is 0 Å². The number of rotatable bonds is 6. The third-order valence-electron chi connectivity index (χ3n) is 3.76. The molecule has 0 aromatic heterocycles. The van der Waals surface area contributed by atoms with Crippen LogP contribution in [0.25, 0.3) is 0 Å². The van der Waals surface area contributed by atoms with E-state index in [-0.39, 0.29) is 5.75 Å². The Kier molecular flexibility index (Phi) is 5.76. The zero-order valence-corrected chi connectivity index (χ0v) is 12.4. The van der Waals surface area contributed by atoms with E-state index in [0.29, 0.717) is 11.8 Å². The number of piperidine rings is 1. The third-order valence-corrected chi connectivity index (χ3v) is 3.76. The summed E-state index contributed by atoms with van der Waals surface area (Å²) >= 11 is 0. The SMILES string of the molecule is CNC1CCCN(Cc2ccc(OC)c(OC(F)F)c2)C1. The highest BCUT2D eigenvalue weighted by molar-refractivity contribution is 5.43. The van der Waals surface area contributed by atoms with Gasteiger partial charge >= 0.3 is 6.61 Å². The fourth-order valence-electron chi connectivity index (χ4n) is 2.70. The first-order chi connectivity index (χ1) is 10.1. The molecule has 1 N–H and O–H groups in total. The highest BCUT2D eigenvalue weighted by atomic mass is 19.3. The Morgan fingerprint density at radius 3 is 2.86 bits per heavy atom. The molecule has 1 fully saturated rings. The standard InChI is InChI=1S/C15H22F2N2O2/c1-18-12-4-3-7-19(10-12)9-11-5-6-13(20-2)14(8-11)21-15(16)17/h5-6,8,12,15,18H,3-4,7,9-10H2,1-2H3. The summed E-state index contributed by atoms with van der Waals surface area (Å²) in [6.45, 7) is -0.136. The summed E-state index contributed by atoms with van der Waals surface area (Å²) < 4.78 is 34.4. The average molecular weight is 300 g/mol. The molecule has 1 aliphatic rings. The number of halogens is 2. The van der Waals surface area contributed by atoms with Crippen LogP contribution >= 0.6 is 0 Å². The van der Waals surface area contributed by atoms with Crippen LogP contribution in [0.3, 0.4) is 0 Å². The van der Waals surface area contributed by atoms with E-state index in [0.717, 1.165) is 31.6 Å². The third kappa shape index (κ3) is 4.54. The van der Waals surface area contributed by atoms with Crippen LogP contribution in [0.1, 0.15) is 18.4 Å². The molecule has 1 heterocycles. The fraction of sp³-hybridized carbons (Fsp3) is 0.600. The van der Waals surface area contributed by atoms with Gasteiger partial charge in [0.05, 0.1) is 7.11 Å². The van der Waals surface area contributed by atoms with Gasteiger partial charge in [0.15, 0.2) is 11.5 Å². The van der Waals surface area contributed by atoms with E-state index in [1.54, 1.807) is 12.1 Å². The Morgan fingerprint density at radius 1 is 1.38 bits per heavy atom. The Labute approximate surface area is 124 Å². The maximum atomic E-state index is 12.4. The lowest BCUT2D eigenvalue weighted by molar-refractivity contribution is -0.0512. The maximum absolute atomic E-state index is 12.4. The molecule has 0 saturated carbocycles. The number of nitrogens with zero attached hydrogens (tertiary/aromatic N) is 1. The van der Waals surface area contributed by atoms with Crippen molar-refractivity contribution in [2.75, 3.05) is 27.2 Å². The van der Waals surface area contributed by atoms with Crippen LogP contribution in [0, 0.1) is 0 Å². The van der Waals surface area contributed by atoms with Crippen LogP contribution in [-0.4, -0.2) is 44.8 Å². The van der Waals surface area contributed by atoms with Gasteiger partial charge in [-0.15, -0.1) is 0 Å². The molecule has 0 bridgehead atoms. The molecule has 0 spiro atoms. The topological polar surface area (TPSA) is 33.7 Å². The molecule has 6 heteroatoms. The van der Waals surface area contributed by atoms with Crippen LogP contribution in [0.2, 0.25) is 0 Å². The van der Waals surface area contributed by atoms with Crippen molar-refractivity contribution in [1.82, 2.24) is 10.2 Å². The normalized spacial score (nSPS) is 19.8. The number of likely N-dealkylation sites (tertiary alicyclic amines) is 1. The van der Waals surface area contributed by atoms with E-state index in [1.165, 1.54) is 13.5 Å². The number of hydrogen-bond donors (Lipinski definition) is 1. The summed E-state index contributed by atoms with van der Waals surface area (Å²) in [6.07, 6.45) is 2.32. The van der Waals surface area contributed by atoms with Gasteiger partial charge in [0.1, 0.15) is 0 Å². The summed E-state index contributed by atoms with van der Waals surface area (Å²) in [7, 11) is 3.41. The molecule has 4 nitrogen and oxygen atoms in total. The van der Waals surface area contributed by atoms with Gasteiger partial charge < -0.3 is 14.8 Å². The largest absolute Gasteiger partial charge is 0.493 e. The number of nitrogens with one attached hydrogen (secondary N) is 1. The lowest BCUT2D eigenvalue weighted by atomic mass is 10.0. The second-order valence-electron chi connectivity index (χ2n) is 5.23. The molecule has 1 aromatic carbocycles. The summed E-state index contributed by atoms with van der Waals surface area (Å²) in [5.41, 5.74) is 0.947. The monoisotopic (exact) mass is 300 g/mol. The van der Waals surface area contributed by atoms with Crippen molar-refractivity contribution in [3.8, 4) is 11.5 Å². The van der Waals surface area contributed by atoms with Crippen LogP contribution in [0.4, 0.5) is 8.78 Å². The lowest BCUT2D eigenvalue weighted by Gasteiger charge is -2.32. The second kappa shape index (κ2) is 7.56. The van der Waals surface area contributed by atoms with Crippen molar-refractivity contribution in [2.24, 2.45) is 0 Å². The Morgan fingerprint density at radius 2 is 2.19 bits per heavy atom. The van der Waals surface area contributed by atoms with E-state index in [1.807, 2.05) is 13.1 Å². The van der Waals surface area contributed by atoms with Gasteiger partial charge in [0, 0.05) is 19.1 Å². The quantitative estimate of drug-likeness (QED) is 0.875. The van der Waals surface area contributed by atoms with Crippen LogP contribution in [-0.2, 0) is 6.54 Å². The van der Waals surface area contributed by atoms with Gasteiger partial charge in [0.25, 0.3) is 0 Å². The molecule has 21 heavy (non-hydrogen) atoms. The predicted octanol–water partition coefficient (Wildman–Crippen LogP) is 2.48. The van der Waals surface area contributed by atoms with Crippen molar-refractivity contribution in [3.05, 3.63) is 23.8 Å². The minimum absolute atomic E-state index is 0.0900. The van der Waals surface area contributed by atoms with Gasteiger partial charge in [-0.2, -0.15) is 8.78 Å². The van der Waals surface area contributed by atoms with E-state index < -0.39 is 6.61 Å². The van der Waals surface area contributed by atoms with Crippen molar-refractivity contribution >= 4 is 0 Å². The first-order valence-electron chi connectivity index (χ1n) is 7.13. The van der Waals surface area contributed by atoms with E-state index >= 15 is 0 Å². The molecule has 1 aliphatic heterocycles. The molecule has 0 aliphatic carbocycles. The number of hydrogen-bond acceptors (Lipinski definition) is 4. The van der Waals surface area contributed by atoms with Gasteiger partial charge in [0.2, 0.25) is 0 Å². The second-order valence-corrected chi connectivity index (χ2v) is 5.23. The molecule has 2 rings (SSSR count). The minimum atomic E-state index is -2.85. The summed E-state index contributed by atoms with van der Waals surface area (Å²) in [5.74, 6) is 0.415. The molecule has 0 radical (unpaired) electrons. The molecule has 0 amide bonds. The fourth-order valence-corrected chi connectivity index (χ4v) is 2.70. The summed E-state index contributed by atoms with van der Waals surface area (Å²) in [6, 6.07) is 5.69. The first kappa shape index (κ1) is 16.0.